The summed E-state index contributed by atoms with van der Waals surface area (Å²) in [6.45, 7) is 2.04. The van der Waals surface area contributed by atoms with Crippen molar-refractivity contribution in [2.24, 2.45) is 0 Å². The molecule has 0 bridgehead atoms. The van der Waals surface area contributed by atoms with Crippen molar-refractivity contribution in [1.29, 1.82) is 0 Å². The van der Waals surface area contributed by atoms with Crippen molar-refractivity contribution in [2.75, 3.05) is 0 Å². The maximum atomic E-state index is 3.27. The average molecular weight is 194 g/mol. The van der Waals surface area contributed by atoms with Gasteiger partial charge in [-0.2, -0.15) is 0 Å². The first-order valence-corrected chi connectivity index (χ1v) is 5.26. The van der Waals surface area contributed by atoms with Gasteiger partial charge in [-0.3, -0.25) is 0 Å². The second kappa shape index (κ2) is 4.66. The van der Waals surface area contributed by atoms with Crippen molar-refractivity contribution in [2.45, 2.75) is 19.8 Å². The smallest absolute Gasteiger partial charge is 0.00143 e. The topological polar surface area (TPSA) is 0 Å². The maximum absolute atomic E-state index is 3.27. The maximum Gasteiger partial charge on any atom is -0.00143 e. The standard InChI is InChI=1S/C15H14/c1-13-7-6-10-14-8-4-2-3-5-9-15(14)12-11-13/h2-5,7,10,12H,8-9H2,1H3/b4-2-,5-3-,15-14-. The molecule has 2 rings (SSSR count). The van der Waals surface area contributed by atoms with E-state index >= 15 is 0 Å². The lowest BCUT2D eigenvalue weighted by Crippen LogP contribution is -1.88. The lowest BCUT2D eigenvalue weighted by Gasteiger charge is -2.06. The monoisotopic (exact) mass is 194 g/mol. The molecule has 2 aliphatic carbocycles. The van der Waals surface area contributed by atoms with Crippen LogP contribution in [0.2, 0.25) is 0 Å². The Morgan fingerprint density at radius 3 is 2.33 bits per heavy atom. The highest BCUT2D eigenvalue weighted by Crippen LogP contribution is 2.19. The Balaban J connectivity index is 2.48. The third kappa shape index (κ3) is 2.60. The van der Waals surface area contributed by atoms with Gasteiger partial charge in [-0.05, 0) is 54.7 Å². The Hall–Kier alpha value is -1.74. The zero-order valence-electron chi connectivity index (χ0n) is 8.96. The quantitative estimate of drug-likeness (QED) is 0.511. The Labute approximate surface area is 91.0 Å². The predicted octanol–water partition coefficient (Wildman–Crippen LogP) is 4.02. The summed E-state index contributed by atoms with van der Waals surface area (Å²) in [6, 6.07) is 0. The highest BCUT2D eigenvalue weighted by atomic mass is 14.1. The fourth-order valence-electron chi connectivity index (χ4n) is 1.62. The van der Waals surface area contributed by atoms with Crippen LogP contribution < -0.4 is 0 Å². The van der Waals surface area contributed by atoms with Crippen molar-refractivity contribution in [1.82, 2.24) is 0 Å². The van der Waals surface area contributed by atoms with E-state index in [0.29, 0.717) is 0 Å². The summed E-state index contributed by atoms with van der Waals surface area (Å²) in [6.07, 6.45) is 16.7. The van der Waals surface area contributed by atoms with Crippen LogP contribution in [0.15, 0.2) is 70.7 Å². The van der Waals surface area contributed by atoms with E-state index in [2.05, 4.69) is 47.9 Å². The second-order valence-corrected chi connectivity index (χ2v) is 3.74. The molecule has 0 saturated carbocycles. The molecule has 0 nitrogen and oxygen atoms in total. The summed E-state index contributed by atoms with van der Waals surface area (Å²) in [5.41, 5.74) is 10.3. The van der Waals surface area contributed by atoms with Gasteiger partial charge in [0.05, 0.1) is 0 Å². The molecule has 74 valence electrons. The zero-order chi connectivity index (χ0) is 10.5. The van der Waals surface area contributed by atoms with Crippen molar-refractivity contribution in [3.63, 3.8) is 0 Å². The van der Waals surface area contributed by atoms with Crippen LogP contribution in [0.5, 0.6) is 0 Å². The van der Waals surface area contributed by atoms with E-state index in [4.69, 9.17) is 0 Å². The Morgan fingerprint density at radius 1 is 0.933 bits per heavy atom. The van der Waals surface area contributed by atoms with E-state index in [-0.39, 0.29) is 0 Å². The van der Waals surface area contributed by atoms with Crippen LogP contribution in [0.1, 0.15) is 19.8 Å². The van der Waals surface area contributed by atoms with E-state index in [0.717, 1.165) is 18.4 Å². The van der Waals surface area contributed by atoms with Crippen LogP contribution in [-0.4, -0.2) is 0 Å². The van der Waals surface area contributed by atoms with Gasteiger partial charge in [0.15, 0.2) is 0 Å². The molecule has 0 spiro atoms. The van der Waals surface area contributed by atoms with E-state index in [1.165, 1.54) is 11.1 Å². The van der Waals surface area contributed by atoms with Gasteiger partial charge in [0.25, 0.3) is 0 Å². The van der Waals surface area contributed by atoms with Crippen molar-refractivity contribution < 1.29 is 0 Å². The van der Waals surface area contributed by atoms with Crippen LogP contribution in [-0.2, 0) is 0 Å². The largest absolute Gasteiger partial charge is 0.120 e. The molecule has 2 aliphatic rings. The summed E-state index contributed by atoms with van der Waals surface area (Å²) in [5, 5.41) is 0. The van der Waals surface area contributed by atoms with E-state index in [1.54, 1.807) is 0 Å². The molecule has 15 heavy (non-hydrogen) atoms. The van der Waals surface area contributed by atoms with Gasteiger partial charge in [-0.25, -0.2) is 0 Å². The molecule has 0 atom stereocenters. The van der Waals surface area contributed by atoms with Gasteiger partial charge in [0.2, 0.25) is 0 Å². The normalized spacial score (nSPS) is 28.2. The SMILES string of the molecule is CC1=C=C/C2=C(\C=C=C1)C/C=C\C=C/C2. The lowest BCUT2D eigenvalue weighted by molar-refractivity contribution is 1.15. The van der Waals surface area contributed by atoms with Crippen LogP contribution >= 0.6 is 0 Å². The first-order valence-electron chi connectivity index (χ1n) is 5.26. The first-order chi connectivity index (χ1) is 7.36. The second-order valence-electron chi connectivity index (χ2n) is 3.74. The third-order valence-electron chi connectivity index (χ3n) is 2.50. The van der Waals surface area contributed by atoms with Crippen LogP contribution in [0.4, 0.5) is 0 Å². The van der Waals surface area contributed by atoms with Crippen molar-refractivity contribution in [3.8, 4) is 0 Å². The highest BCUT2D eigenvalue weighted by Gasteiger charge is 2.01. The van der Waals surface area contributed by atoms with Gasteiger partial charge < -0.3 is 0 Å². The van der Waals surface area contributed by atoms with Gasteiger partial charge in [-0.1, -0.05) is 24.3 Å². The molecule has 0 aromatic heterocycles. The van der Waals surface area contributed by atoms with Gasteiger partial charge in [0, 0.05) is 0 Å². The van der Waals surface area contributed by atoms with Crippen LogP contribution in [0.3, 0.4) is 0 Å². The molecule has 0 radical (unpaired) electrons. The summed E-state index contributed by atoms with van der Waals surface area (Å²) in [5.74, 6) is 0. The Bertz CT molecular complexity index is 466. The predicted molar refractivity (Wildman–Crippen MR) is 64.5 cm³/mol. The van der Waals surface area contributed by atoms with Gasteiger partial charge >= 0.3 is 0 Å². The molecule has 0 aliphatic heterocycles. The third-order valence-corrected chi connectivity index (χ3v) is 2.50. The fourth-order valence-corrected chi connectivity index (χ4v) is 1.62. The molecular weight excluding hydrogens is 180 g/mol. The number of rotatable bonds is 0. The lowest BCUT2D eigenvalue weighted by atomic mass is 9.98. The molecule has 0 unspecified atom stereocenters. The number of allylic oxidation sites excluding steroid dienone is 8. The molecule has 0 aromatic carbocycles. The molecule has 0 aromatic rings. The van der Waals surface area contributed by atoms with E-state index in [9.17, 15) is 0 Å². The molecule has 0 heteroatoms. The summed E-state index contributed by atoms with van der Waals surface area (Å²) in [7, 11) is 0. The Kier molecular flexibility index (Phi) is 3.05. The zero-order valence-corrected chi connectivity index (χ0v) is 8.96. The minimum Gasteiger partial charge on any atom is -0.120 e. The van der Waals surface area contributed by atoms with Crippen LogP contribution in [0, 0.1) is 0 Å². The highest BCUT2D eigenvalue weighted by molar-refractivity contribution is 5.40. The van der Waals surface area contributed by atoms with Gasteiger partial charge in [0.1, 0.15) is 0 Å². The molecule has 0 N–H and O–H groups in total. The number of hydrogen-bond acceptors (Lipinski definition) is 0. The molecule has 0 fully saturated rings. The molecule has 0 heterocycles. The van der Waals surface area contributed by atoms with Crippen LogP contribution in [0.25, 0.3) is 0 Å². The van der Waals surface area contributed by atoms with Gasteiger partial charge in [-0.15, -0.1) is 11.5 Å². The van der Waals surface area contributed by atoms with Crippen molar-refractivity contribution in [3.05, 3.63) is 70.7 Å². The molecule has 0 amide bonds. The minimum absolute atomic E-state index is 0.984. The minimum atomic E-state index is 0.984. The summed E-state index contributed by atoms with van der Waals surface area (Å²) >= 11 is 0. The summed E-state index contributed by atoms with van der Waals surface area (Å²) in [4.78, 5) is 0. The van der Waals surface area contributed by atoms with Crippen molar-refractivity contribution >= 4 is 0 Å². The fraction of sp³-hybridized carbons (Fsp3) is 0.200. The Morgan fingerprint density at radius 2 is 1.60 bits per heavy atom. The van der Waals surface area contributed by atoms with E-state index in [1.807, 2.05) is 13.0 Å². The number of hydrogen-bond donors (Lipinski definition) is 0. The molecular formula is C15H14. The van der Waals surface area contributed by atoms with E-state index < -0.39 is 0 Å². The summed E-state index contributed by atoms with van der Waals surface area (Å²) < 4.78 is 0. The molecule has 0 saturated heterocycles. The first kappa shape index (κ1) is 9.80. The average Bonchev–Trinajstić information content (AvgIpc) is 2.18.